The molecule has 0 bridgehead atoms. The van der Waals surface area contributed by atoms with Crippen LogP contribution in [-0.4, -0.2) is 4.98 Å². The third kappa shape index (κ3) is 3.84. The van der Waals surface area contributed by atoms with E-state index in [4.69, 9.17) is 0 Å². The van der Waals surface area contributed by atoms with E-state index in [0.29, 0.717) is 5.57 Å². The van der Waals surface area contributed by atoms with Crippen molar-refractivity contribution in [3.05, 3.63) is 75.2 Å². The van der Waals surface area contributed by atoms with Gasteiger partial charge in [0.1, 0.15) is 16.6 Å². The Bertz CT molecular complexity index is 1020. The number of nitrogens with zero attached hydrogens (tertiary/aromatic N) is 2. The monoisotopic (exact) mass is 359 g/mol. The summed E-state index contributed by atoms with van der Waals surface area (Å²) in [5.74, 6) is 0. The fourth-order valence-corrected chi connectivity index (χ4v) is 3.35. The standard InChI is InChI=1S/C22H21N3S/c1-14-5-7-18(9-16(14)3)21-13-26-22(25-21)19(11-23)12-24-20-8-6-15(2)17(4)10-20/h5-10,12-13,24H,1-4H3. The second-order valence-electron chi connectivity index (χ2n) is 6.45. The maximum Gasteiger partial charge on any atom is 0.136 e. The summed E-state index contributed by atoms with van der Waals surface area (Å²) < 4.78 is 0. The minimum atomic E-state index is 0.531. The molecular weight excluding hydrogens is 338 g/mol. The highest BCUT2D eigenvalue weighted by Gasteiger charge is 2.09. The number of anilines is 1. The predicted octanol–water partition coefficient (Wildman–Crippen LogP) is 6.02. The topological polar surface area (TPSA) is 48.7 Å². The van der Waals surface area contributed by atoms with E-state index in [1.54, 1.807) is 6.20 Å². The zero-order valence-corrected chi connectivity index (χ0v) is 16.2. The molecule has 1 heterocycles. The van der Waals surface area contributed by atoms with Gasteiger partial charge in [0.15, 0.2) is 0 Å². The van der Waals surface area contributed by atoms with Gasteiger partial charge in [-0.25, -0.2) is 4.98 Å². The van der Waals surface area contributed by atoms with Crippen molar-refractivity contribution < 1.29 is 0 Å². The Hall–Kier alpha value is -2.90. The van der Waals surface area contributed by atoms with Crippen molar-refractivity contribution in [2.45, 2.75) is 27.7 Å². The molecule has 3 aromatic rings. The first kappa shape index (κ1) is 17.9. The first-order valence-electron chi connectivity index (χ1n) is 8.45. The number of thiazole rings is 1. The van der Waals surface area contributed by atoms with Crippen LogP contribution in [0.15, 0.2) is 48.0 Å². The van der Waals surface area contributed by atoms with Crippen LogP contribution >= 0.6 is 11.3 Å². The van der Waals surface area contributed by atoms with E-state index < -0.39 is 0 Å². The van der Waals surface area contributed by atoms with Gasteiger partial charge in [-0.2, -0.15) is 5.26 Å². The van der Waals surface area contributed by atoms with Crippen molar-refractivity contribution in [1.29, 1.82) is 5.26 Å². The van der Waals surface area contributed by atoms with E-state index in [0.717, 1.165) is 22.0 Å². The SMILES string of the molecule is Cc1ccc(NC=C(C#N)c2nc(-c3ccc(C)c(C)c3)cs2)cc1C. The van der Waals surface area contributed by atoms with Gasteiger partial charge in [0.05, 0.1) is 5.69 Å². The molecule has 0 saturated heterocycles. The summed E-state index contributed by atoms with van der Waals surface area (Å²) in [6.07, 6.45) is 1.73. The summed E-state index contributed by atoms with van der Waals surface area (Å²) in [6, 6.07) is 14.7. The van der Waals surface area contributed by atoms with Crippen LogP contribution in [0.25, 0.3) is 16.8 Å². The lowest BCUT2D eigenvalue weighted by Gasteiger charge is -2.05. The molecule has 1 aromatic heterocycles. The average molecular weight is 359 g/mol. The smallest absolute Gasteiger partial charge is 0.136 e. The molecule has 3 nitrogen and oxygen atoms in total. The van der Waals surface area contributed by atoms with E-state index in [1.165, 1.54) is 33.6 Å². The number of nitriles is 1. The molecule has 3 rings (SSSR count). The Kier molecular flexibility index (Phi) is 5.20. The van der Waals surface area contributed by atoms with E-state index >= 15 is 0 Å². The molecule has 0 unspecified atom stereocenters. The number of allylic oxidation sites excluding steroid dienone is 1. The van der Waals surface area contributed by atoms with Crippen molar-refractivity contribution in [2.75, 3.05) is 5.32 Å². The predicted molar refractivity (Wildman–Crippen MR) is 110 cm³/mol. The fourth-order valence-electron chi connectivity index (χ4n) is 2.56. The first-order valence-corrected chi connectivity index (χ1v) is 9.33. The summed E-state index contributed by atoms with van der Waals surface area (Å²) in [5.41, 5.74) is 8.45. The molecule has 0 aliphatic carbocycles. The number of aromatic nitrogens is 1. The maximum absolute atomic E-state index is 9.52. The second kappa shape index (κ2) is 7.55. The minimum absolute atomic E-state index is 0.531. The second-order valence-corrected chi connectivity index (χ2v) is 7.31. The molecule has 0 aliphatic heterocycles. The van der Waals surface area contributed by atoms with Crippen LogP contribution in [0, 0.1) is 39.0 Å². The molecule has 1 N–H and O–H groups in total. The Morgan fingerprint density at radius 3 is 2.35 bits per heavy atom. The number of benzene rings is 2. The van der Waals surface area contributed by atoms with Gasteiger partial charge in [-0.05, 0) is 68.1 Å². The maximum atomic E-state index is 9.52. The van der Waals surface area contributed by atoms with Gasteiger partial charge in [0.25, 0.3) is 0 Å². The van der Waals surface area contributed by atoms with Crippen LogP contribution in [0.4, 0.5) is 5.69 Å². The molecule has 0 atom stereocenters. The third-order valence-electron chi connectivity index (χ3n) is 4.55. The highest BCUT2D eigenvalue weighted by Crippen LogP contribution is 2.27. The summed E-state index contributed by atoms with van der Waals surface area (Å²) in [6.45, 7) is 8.35. The normalized spacial score (nSPS) is 11.3. The number of hydrogen-bond donors (Lipinski definition) is 1. The molecule has 2 aromatic carbocycles. The number of nitrogens with one attached hydrogen (secondary N) is 1. The molecule has 0 saturated carbocycles. The molecule has 0 spiro atoms. The largest absolute Gasteiger partial charge is 0.360 e. The van der Waals surface area contributed by atoms with Crippen molar-refractivity contribution in [2.24, 2.45) is 0 Å². The summed E-state index contributed by atoms with van der Waals surface area (Å²) >= 11 is 1.49. The lowest BCUT2D eigenvalue weighted by atomic mass is 10.1. The fraction of sp³-hybridized carbons (Fsp3) is 0.182. The van der Waals surface area contributed by atoms with Gasteiger partial charge in [-0.15, -0.1) is 11.3 Å². The molecule has 4 heteroatoms. The van der Waals surface area contributed by atoms with Crippen LogP contribution in [0.2, 0.25) is 0 Å². The number of hydrogen-bond acceptors (Lipinski definition) is 4. The van der Waals surface area contributed by atoms with Gasteiger partial charge in [-0.3, -0.25) is 0 Å². The average Bonchev–Trinajstić information content (AvgIpc) is 3.11. The molecular formula is C22H21N3S. The first-order chi connectivity index (χ1) is 12.5. The lowest BCUT2D eigenvalue weighted by Crippen LogP contribution is -1.92. The molecule has 0 amide bonds. The quantitative estimate of drug-likeness (QED) is 0.579. The zero-order chi connectivity index (χ0) is 18.7. The Morgan fingerprint density at radius 1 is 1.00 bits per heavy atom. The summed E-state index contributed by atoms with van der Waals surface area (Å²) in [5, 5.41) is 15.5. The van der Waals surface area contributed by atoms with E-state index in [1.807, 2.05) is 11.4 Å². The molecule has 0 fully saturated rings. The van der Waals surface area contributed by atoms with Gasteiger partial charge < -0.3 is 5.32 Å². The number of aryl methyl sites for hydroxylation is 4. The van der Waals surface area contributed by atoms with E-state index in [9.17, 15) is 5.26 Å². The molecule has 26 heavy (non-hydrogen) atoms. The lowest BCUT2D eigenvalue weighted by molar-refractivity contribution is 1.31. The van der Waals surface area contributed by atoms with Crippen LogP contribution in [-0.2, 0) is 0 Å². The van der Waals surface area contributed by atoms with E-state index in [2.05, 4.69) is 74.4 Å². The molecule has 0 aliphatic rings. The highest BCUT2D eigenvalue weighted by molar-refractivity contribution is 7.11. The van der Waals surface area contributed by atoms with E-state index in [-0.39, 0.29) is 0 Å². The molecule has 130 valence electrons. The highest BCUT2D eigenvalue weighted by atomic mass is 32.1. The van der Waals surface area contributed by atoms with Crippen molar-refractivity contribution in [1.82, 2.24) is 4.98 Å². The van der Waals surface area contributed by atoms with Crippen LogP contribution in [0.3, 0.4) is 0 Å². The van der Waals surface area contributed by atoms with Crippen LogP contribution < -0.4 is 5.32 Å². The van der Waals surface area contributed by atoms with Gasteiger partial charge in [0, 0.05) is 22.8 Å². The van der Waals surface area contributed by atoms with Gasteiger partial charge >= 0.3 is 0 Å². The summed E-state index contributed by atoms with van der Waals surface area (Å²) in [7, 11) is 0. The van der Waals surface area contributed by atoms with Gasteiger partial charge in [-0.1, -0.05) is 18.2 Å². The summed E-state index contributed by atoms with van der Waals surface area (Å²) in [4.78, 5) is 4.65. The van der Waals surface area contributed by atoms with Crippen molar-refractivity contribution >= 4 is 22.6 Å². The van der Waals surface area contributed by atoms with Crippen molar-refractivity contribution in [3.63, 3.8) is 0 Å². The molecule has 0 radical (unpaired) electrons. The third-order valence-corrected chi connectivity index (χ3v) is 5.42. The van der Waals surface area contributed by atoms with Crippen LogP contribution in [0.5, 0.6) is 0 Å². The zero-order valence-electron chi connectivity index (χ0n) is 15.4. The van der Waals surface area contributed by atoms with Gasteiger partial charge in [0.2, 0.25) is 0 Å². The van der Waals surface area contributed by atoms with Crippen LogP contribution in [0.1, 0.15) is 27.3 Å². The Morgan fingerprint density at radius 2 is 1.69 bits per heavy atom. The Balaban J connectivity index is 1.84. The minimum Gasteiger partial charge on any atom is -0.360 e. The van der Waals surface area contributed by atoms with Crippen molar-refractivity contribution in [3.8, 4) is 17.3 Å². The number of rotatable bonds is 4. The Labute approximate surface area is 158 Å².